The van der Waals surface area contributed by atoms with Gasteiger partial charge in [-0.1, -0.05) is 29.8 Å². The van der Waals surface area contributed by atoms with E-state index in [0.29, 0.717) is 23.0 Å². The van der Waals surface area contributed by atoms with E-state index in [1.165, 1.54) is 6.33 Å². The molecule has 0 spiro atoms. The van der Waals surface area contributed by atoms with E-state index in [4.69, 9.17) is 16.0 Å². The molecule has 0 saturated carbocycles. The predicted molar refractivity (Wildman–Crippen MR) is 82.4 cm³/mol. The van der Waals surface area contributed by atoms with Gasteiger partial charge < -0.3 is 4.42 Å². The molecule has 3 rings (SSSR count). The maximum Gasteiger partial charge on any atom is 0.268 e. The van der Waals surface area contributed by atoms with Gasteiger partial charge in [0.2, 0.25) is 11.6 Å². The number of H-pyrrole nitrogens is 1. The first-order valence-corrected chi connectivity index (χ1v) is 7.25. The number of halogens is 1. The first-order valence-electron chi connectivity index (χ1n) is 6.88. The second-order valence-electron chi connectivity index (χ2n) is 4.89. The lowest BCUT2D eigenvalue weighted by atomic mass is 10.1. The van der Waals surface area contributed by atoms with Crippen molar-refractivity contribution in [3.05, 3.63) is 70.7 Å². The number of hydrogen-bond acceptors (Lipinski definition) is 5. The maximum atomic E-state index is 11.9. The number of nitrogens with zero attached hydrogens (tertiary/aromatic N) is 2. The SMILES string of the molecule is O=C(Cc1ccc(Cc2ccccc2Cl)o1)C(=O)c1nc[nH]n1. The molecule has 0 aliphatic rings. The number of furan rings is 1. The molecule has 3 aromatic rings. The predicted octanol–water partition coefficient (Wildman–Crippen LogP) is 2.64. The first kappa shape index (κ1) is 15.2. The lowest BCUT2D eigenvalue weighted by Gasteiger charge is -2.01. The van der Waals surface area contributed by atoms with Crippen LogP contribution in [0, 0.1) is 0 Å². The average Bonchev–Trinajstić information content (AvgIpc) is 3.21. The number of carbonyl (C=O) groups excluding carboxylic acids is 2. The summed E-state index contributed by atoms with van der Waals surface area (Å²) in [6.45, 7) is 0. The van der Waals surface area contributed by atoms with Crippen LogP contribution in [0.2, 0.25) is 5.02 Å². The molecule has 7 heteroatoms. The van der Waals surface area contributed by atoms with Gasteiger partial charge in [0.05, 0.1) is 6.42 Å². The van der Waals surface area contributed by atoms with Crippen molar-refractivity contribution < 1.29 is 14.0 Å². The molecule has 2 aromatic heterocycles. The first-order chi connectivity index (χ1) is 11.1. The Kier molecular flexibility index (Phi) is 4.34. The Morgan fingerprint density at radius 1 is 1.13 bits per heavy atom. The van der Waals surface area contributed by atoms with Crippen molar-refractivity contribution in [3.8, 4) is 0 Å². The van der Waals surface area contributed by atoms with Gasteiger partial charge in [0.15, 0.2) is 0 Å². The summed E-state index contributed by atoms with van der Waals surface area (Å²) in [5.41, 5.74) is 0.929. The Balaban J connectivity index is 1.67. The summed E-state index contributed by atoms with van der Waals surface area (Å²) < 4.78 is 5.60. The summed E-state index contributed by atoms with van der Waals surface area (Å²) >= 11 is 6.11. The molecule has 23 heavy (non-hydrogen) atoms. The van der Waals surface area contributed by atoms with Crippen molar-refractivity contribution in [1.29, 1.82) is 0 Å². The fourth-order valence-electron chi connectivity index (χ4n) is 2.12. The lowest BCUT2D eigenvalue weighted by Crippen LogP contribution is -2.17. The van der Waals surface area contributed by atoms with Crippen LogP contribution < -0.4 is 0 Å². The number of carbonyl (C=O) groups is 2. The summed E-state index contributed by atoms with van der Waals surface area (Å²) in [4.78, 5) is 27.4. The van der Waals surface area contributed by atoms with E-state index in [2.05, 4.69) is 15.2 Å². The molecule has 0 bridgehead atoms. The summed E-state index contributed by atoms with van der Waals surface area (Å²) in [6, 6.07) is 10.9. The number of nitrogens with one attached hydrogen (secondary N) is 1. The molecular formula is C16H12ClN3O3. The zero-order valence-corrected chi connectivity index (χ0v) is 12.7. The fraction of sp³-hybridized carbons (Fsp3) is 0.125. The molecule has 0 radical (unpaired) electrons. The highest BCUT2D eigenvalue weighted by Crippen LogP contribution is 2.20. The molecule has 116 valence electrons. The van der Waals surface area contributed by atoms with Gasteiger partial charge in [-0.15, -0.1) is 5.10 Å². The van der Waals surface area contributed by atoms with Crippen LogP contribution in [0.15, 0.2) is 47.1 Å². The van der Waals surface area contributed by atoms with Crippen LogP contribution in [0.3, 0.4) is 0 Å². The Morgan fingerprint density at radius 3 is 2.65 bits per heavy atom. The van der Waals surface area contributed by atoms with Gasteiger partial charge in [-0.05, 0) is 23.8 Å². The topological polar surface area (TPSA) is 88.9 Å². The standard InChI is InChI=1S/C16H12ClN3O3/c17-13-4-2-1-3-10(13)7-11-5-6-12(23-11)8-14(21)15(22)16-18-9-19-20-16/h1-6,9H,7-8H2,(H,18,19,20). The Labute approximate surface area is 136 Å². The summed E-state index contributed by atoms with van der Waals surface area (Å²) in [5, 5.41) is 6.65. The minimum atomic E-state index is -0.740. The molecule has 1 aromatic carbocycles. The van der Waals surface area contributed by atoms with Gasteiger partial charge in [0.1, 0.15) is 17.8 Å². The molecule has 1 N–H and O–H groups in total. The van der Waals surface area contributed by atoms with Gasteiger partial charge in [0, 0.05) is 11.4 Å². The Bertz CT molecular complexity index is 840. The van der Waals surface area contributed by atoms with Gasteiger partial charge >= 0.3 is 0 Å². The zero-order chi connectivity index (χ0) is 16.2. The summed E-state index contributed by atoms with van der Waals surface area (Å²) in [6.07, 6.45) is 1.63. The molecule has 0 atom stereocenters. The highest BCUT2D eigenvalue weighted by molar-refractivity contribution is 6.42. The number of ketones is 2. The largest absolute Gasteiger partial charge is 0.465 e. The Hall–Kier alpha value is -2.73. The van der Waals surface area contributed by atoms with Crippen LogP contribution in [0.4, 0.5) is 0 Å². The van der Waals surface area contributed by atoms with E-state index in [0.717, 1.165) is 5.56 Å². The van der Waals surface area contributed by atoms with E-state index in [-0.39, 0.29) is 12.2 Å². The van der Waals surface area contributed by atoms with Gasteiger partial charge in [-0.25, -0.2) is 4.98 Å². The molecule has 0 aliphatic heterocycles. The average molecular weight is 330 g/mol. The van der Waals surface area contributed by atoms with Crippen LogP contribution in [0.5, 0.6) is 0 Å². The van der Waals surface area contributed by atoms with Gasteiger partial charge in [-0.2, -0.15) is 0 Å². The number of Topliss-reactive ketones (excluding diaryl/α,β-unsaturated/α-hetero) is 2. The number of aromatic nitrogens is 3. The van der Waals surface area contributed by atoms with Gasteiger partial charge in [-0.3, -0.25) is 14.7 Å². The third-order valence-corrected chi connectivity index (χ3v) is 3.61. The highest BCUT2D eigenvalue weighted by atomic mass is 35.5. The van der Waals surface area contributed by atoms with Crippen LogP contribution >= 0.6 is 11.6 Å². The van der Waals surface area contributed by atoms with Crippen molar-refractivity contribution in [1.82, 2.24) is 15.2 Å². The maximum absolute atomic E-state index is 11.9. The second kappa shape index (κ2) is 6.58. The van der Waals surface area contributed by atoms with Crippen LogP contribution in [-0.4, -0.2) is 26.7 Å². The molecule has 0 aliphatic carbocycles. The monoisotopic (exact) mass is 329 g/mol. The quantitative estimate of drug-likeness (QED) is 0.554. The zero-order valence-electron chi connectivity index (χ0n) is 12.0. The number of rotatable bonds is 6. The van der Waals surface area contributed by atoms with Crippen molar-refractivity contribution >= 4 is 23.2 Å². The molecule has 0 saturated heterocycles. The molecule has 0 unspecified atom stereocenters. The van der Waals surface area contributed by atoms with E-state index >= 15 is 0 Å². The Morgan fingerprint density at radius 2 is 1.91 bits per heavy atom. The van der Waals surface area contributed by atoms with Crippen LogP contribution in [-0.2, 0) is 17.6 Å². The summed E-state index contributed by atoms with van der Waals surface area (Å²) in [7, 11) is 0. The van der Waals surface area contributed by atoms with Crippen molar-refractivity contribution in [2.24, 2.45) is 0 Å². The van der Waals surface area contributed by atoms with Crippen LogP contribution in [0.25, 0.3) is 0 Å². The molecule has 0 amide bonds. The fourth-order valence-corrected chi connectivity index (χ4v) is 2.33. The van der Waals surface area contributed by atoms with E-state index in [9.17, 15) is 9.59 Å². The smallest absolute Gasteiger partial charge is 0.268 e. The molecule has 0 fully saturated rings. The molecule has 6 nitrogen and oxygen atoms in total. The highest BCUT2D eigenvalue weighted by Gasteiger charge is 2.21. The molecule has 2 heterocycles. The normalized spacial score (nSPS) is 10.7. The number of benzene rings is 1. The minimum Gasteiger partial charge on any atom is -0.465 e. The minimum absolute atomic E-state index is 0.129. The van der Waals surface area contributed by atoms with E-state index < -0.39 is 11.6 Å². The van der Waals surface area contributed by atoms with Crippen molar-refractivity contribution in [2.45, 2.75) is 12.8 Å². The molecular weight excluding hydrogens is 318 g/mol. The van der Waals surface area contributed by atoms with Gasteiger partial charge in [0.25, 0.3) is 5.78 Å². The number of hydrogen-bond donors (Lipinski definition) is 1. The third-order valence-electron chi connectivity index (χ3n) is 3.25. The number of aromatic amines is 1. The second-order valence-corrected chi connectivity index (χ2v) is 5.30. The van der Waals surface area contributed by atoms with E-state index in [1.807, 2.05) is 18.2 Å². The van der Waals surface area contributed by atoms with Crippen molar-refractivity contribution in [3.63, 3.8) is 0 Å². The third kappa shape index (κ3) is 3.54. The van der Waals surface area contributed by atoms with E-state index in [1.54, 1.807) is 18.2 Å². The lowest BCUT2D eigenvalue weighted by molar-refractivity contribution is -0.114. The summed E-state index contributed by atoms with van der Waals surface area (Å²) in [5.74, 6) is -0.413. The van der Waals surface area contributed by atoms with Crippen LogP contribution in [0.1, 0.15) is 27.7 Å². The van der Waals surface area contributed by atoms with Crippen molar-refractivity contribution in [2.75, 3.05) is 0 Å².